The highest BCUT2D eigenvalue weighted by Crippen LogP contribution is 2.07. The zero-order valence-corrected chi connectivity index (χ0v) is 14.3. The molecular formula is C19H26O5. The number of rotatable bonds is 12. The Labute approximate surface area is 143 Å². The molecule has 0 fully saturated rings. The molecule has 0 amide bonds. The number of carbonyl (C=O) groups is 2. The van der Waals surface area contributed by atoms with Crippen LogP contribution < -0.4 is 0 Å². The van der Waals surface area contributed by atoms with Crippen molar-refractivity contribution in [2.24, 2.45) is 0 Å². The van der Waals surface area contributed by atoms with Gasteiger partial charge < -0.3 is 4.74 Å². The van der Waals surface area contributed by atoms with E-state index in [1.165, 1.54) is 0 Å². The fraction of sp³-hybridized carbons (Fsp3) is 0.474. The van der Waals surface area contributed by atoms with Gasteiger partial charge in [-0.05, 0) is 31.9 Å². The molecule has 1 rings (SSSR count). The summed E-state index contributed by atoms with van der Waals surface area (Å²) >= 11 is 0. The van der Waals surface area contributed by atoms with Crippen LogP contribution in [0.4, 0.5) is 0 Å². The minimum absolute atomic E-state index is 0.322. The molecule has 5 nitrogen and oxygen atoms in total. The third kappa shape index (κ3) is 9.10. The fourth-order valence-electron chi connectivity index (χ4n) is 1.98. The lowest BCUT2D eigenvalue weighted by Crippen LogP contribution is -2.06. The molecule has 0 aliphatic carbocycles. The molecule has 0 spiro atoms. The van der Waals surface area contributed by atoms with Crippen LogP contribution in [0, 0.1) is 0 Å². The first kappa shape index (κ1) is 19.9. The van der Waals surface area contributed by atoms with Crippen LogP contribution >= 0.6 is 0 Å². The molecule has 0 aromatic heterocycles. The predicted molar refractivity (Wildman–Crippen MR) is 91.3 cm³/mol. The zero-order valence-electron chi connectivity index (χ0n) is 14.3. The average molecular weight is 334 g/mol. The van der Waals surface area contributed by atoms with Crippen molar-refractivity contribution in [2.75, 3.05) is 13.2 Å². The Hall–Kier alpha value is -2.14. The first-order chi connectivity index (χ1) is 11.6. The van der Waals surface area contributed by atoms with Crippen molar-refractivity contribution in [3.05, 3.63) is 48.0 Å². The summed E-state index contributed by atoms with van der Waals surface area (Å²) in [5, 5.41) is 0. The molecule has 0 bridgehead atoms. The van der Waals surface area contributed by atoms with Gasteiger partial charge in [-0.3, -0.25) is 4.89 Å². The summed E-state index contributed by atoms with van der Waals surface area (Å²) in [6, 6.07) is 8.74. The maximum Gasteiger partial charge on any atom is 0.373 e. The molecule has 0 unspecified atom stereocenters. The smallest absolute Gasteiger partial charge is 0.373 e. The third-order valence-electron chi connectivity index (χ3n) is 3.35. The maximum absolute atomic E-state index is 11.6. The summed E-state index contributed by atoms with van der Waals surface area (Å²) in [7, 11) is 0. The largest absolute Gasteiger partial charge is 0.462 e. The van der Waals surface area contributed by atoms with E-state index >= 15 is 0 Å². The topological polar surface area (TPSA) is 61.8 Å². The van der Waals surface area contributed by atoms with Gasteiger partial charge in [-0.2, -0.15) is 4.89 Å². The summed E-state index contributed by atoms with van der Waals surface area (Å²) in [4.78, 5) is 32.4. The van der Waals surface area contributed by atoms with E-state index in [1.807, 2.05) is 6.07 Å². The van der Waals surface area contributed by atoms with Crippen molar-refractivity contribution in [3.63, 3.8) is 0 Å². The van der Waals surface area contributed by atoms with E-state index in [9.17, 15) is 9.59 Å². The van der Waals surface area contributed by atoms with Crippen molar-refractivity contribution in [1.29, 1.82) is 0 Å². The number of hydrogen-bond donors (Lipinski definition) is 0. The van der Waals surface area contributed by atoms with Gasteiger partial charge in [0, 0.05) is 5.57 Å². The van der Waals surface area contributed by atoms with Gasteiger partial charge >= 0.3 is 11.9 Å². The molecule has 5 heteroatoms. The lowest BCUT2D eigenvalue weighted by molar-refractivity contribution is -0.241. The van der Waals surface area contributed by atoms with Crippen molar-refractivity contribution in [2.45, 2.75) is 45.4 Å². The summed E-state index contributed by atoms with van der Waals surface area (Å²) in [5.41, 5.74) is 0.910. The molecule has 0 aliphatic rings. The summed E-state index contributed by atoms with van der Waals surface area (Å²) in [5.74, 6) is -0.794. The number of benzene rings is 1. The van der Waals surface area contributed by atoms with Gasteiger partial charge in [0.2, 0.25) is 0 Å². The van der Waals surface area contributed by atoms with Gasteiger partial charge in [-0.15, -0.1) is 0 Å². The normalized spacial score (nSPS) is 10.2. The van der Waals surface area contributed by atoms with E-state index in [4.69, 9.17) is 14.5 Å². The molecule has 132 valence electrons. The Morgan fingerprint density at radius 3 is 2.12 bits per heavy atom. The first-order valence-electron chi connectivity index (χ1n) is 8.32. The maximum atomic E-state index is 11.6. The molecule has 0 atom stereocenters. The Bertz CT molecular complexity index is 510. The Morgan fingerprint density at radius 1 is 0.917 bits per heavy atom. The van der Waals surface area contributed by atoms with Crippen LogP contribution in [0.25, 0.3) is 0 Å². The molecule has 0 heterocycles. The average Bonchev–Trinajstić information content (AvgIpc) is 2.59. The van der Waals surface area contributed by atoms with E-state index in [0.717, 1.165) is 38.5 Å². The summed E-state index contributed by atoms with van der Waals surface area (Å²) in [6.45, 7) is 6.02. The zero-order chi connectivity index (χ0) is 17.6. The Balaban J connectivity index is 1.88. The minimum Gasteiger partial charge on any atom is -0.462 e. The van der Waals surface area contributed by atoms with Gasteiger partial charge in [-0.25, -0.2) is 9.59 Å². The van der Waals surface area contributed by atoms with Crippen LogP contribution in [0.15, 0.2) is 42.5 Å². The van der Waals surface area contributed by atoms with E-state index in [2.05, 4.69) is 6.58 Å². The van der Waals surface area contributed by atoms with E-state index in [-0.39, 0.29) is 5.97 Å². The molecule has 0 aliphatic heterocycles. The molecule has 1 aromatic carbocycles. The fourth-order valence-corrected chi connectivity index (χ4v) is 1.98. The van der Waals surface area contributed by atoms with Crippen molar-refractivity contribution in [1.82, 2.24) is 0 Å². The van der Waals surface area contributed by atoms with Gasteiger partial charge in [-0.1, -0.05) is 50.5 Å². The lowest BCUT2D eigenvalue weighted by atomic mass is 10.1. The number of esters is 1. The number of ether oxygens (including phenoxy) is 1. The molecule has 0 N–H and O–H groups in total. The second-order valence-corrected chi connectivity index (χ2v) is 5.60. The highest BCUT2D eigenvalue weighted by molar-refractivity contribution is 5.88. The Morgan fingerprint density at radius 2 is 1.50 bits per heavy atom. The van der Waals surface area contributed by atoms with Crippen LogP contribution in [-0.4, -0.2) is 25.2 Å². The van der Waals surface area contributed by atoms with E-state index in [0.29, 0.717) is 24.4 Å². The molecule has 1 aromatic rings. The molecular weight excluding hydrogens is 308 g/mol. The molecule has 24 heavy (non-hydrogen) atoms. The van der Waals surface area contributed by atoms with E-state index < -0.39 is 5.97 Å². The van der Waals surface area contributed by atoms with Gasteiger partial charge in [0.1, 0.15) is 0 Å². The standard InChI is InChI=1S/C19H26O5/c1-16(2)18(20)22-14-10-5-3-4-6-11-15-23-24-19(21)17-12-8-7-9-13-17/h7-9,12-13H,1,3-6,10-11,14-15H2,2H3. The molecule has 0 saturated heterocycles. The summed E-state index contributed by atoms with van der Waals surface area (Å²) in [6.07, 6.45) is 5.89. The van der Waals surface area contributed by atoms with Crippen LogP contribution in [-0.2, 0) is 19.3 Å². The van der Waals surface area contributed by atoms with Crippen LogP contribution in [0.1, 0.15) is 55.8 Å². The highest BCUT2D eigenvalue weighted by Gasteiger charge is 2.06. The predicted octanol–water partition coefficient (Wildman–Crippen LogP) is 4.23. The van der Waals surface area contributed by atoms with Gasteiger partial charge in [0.05, 0.1) is 18.8 Å². The minimum atomic E-state index is -0.472. The third-order valence-corrected chi connectivity index (χ3v) is 3.35. The van der Waals surface area contributed by atoms with E-state index in [1.54, 1.807) is 31.2 Å². The lowest BCUT2D eigenvalue weighted by Gasteiger charge is -2.05. The molecule has 0 saturated carbocycles. The van der Waals surface area contributed by atoms with Gasteiger partial charge in [0.25, 0.3) is 0 Å². The number of carbonyl (C=O) groups excluding carboxylic acids is 2. The van der Waals surface area contributed by atoms with Crippen LogP contribution in [0.2, 0.25) is 0 Å². The first-order valence-corrected chi connectivity index (χ1v) is 8.32. The highest BCUT2D eigenvalue weighted by atomic mass is 17.2. The summed E-state index contributed by atoms with van der Waals surface area (Å²) < 4.78 is 5.02. The monoisotopic (exact) mass is 334 g/mol. The number of unbranched alkanes of at least 4 members (excludes halogenated alkanes) is 5. The second kappa shape index (κ2) is 12.3. The second-order valence-electron chi connectivity index (χ2n) is 5.60. The number of hydrogen-bond acceptors (Lipinski definition) is 5. The van der Waals surface area contributed by atoms with Crippen LogP contribution in [0.5, 0.6) is 0 Å². The van der Waals surface area contributed by atoms with Crippen molar-refractivity contribution < 1.29 is 24.1 Å². The Kier molecular flexibility index (Phi) is 10.2. The SMILES string of the molecule is C=C(C)C(=O)OCCCCCCCCOOC(=O)c1ccccc1. The van der Waals surface area contributed by atoms with Crippen molar-refractivity contribution in [3.8, 4) is 0 Å². The van der Waals surface area contributed by atoms with Crippen LogP contribution in [0.3, 0.4) is 0 Å². The van der Waals surface area contributed by atoms with Gasteiger partial charge in [0.15, 0.2) is 0 Å². The van der Waals surface area contributed by atoms with Crippen molar-refractivity contribution >= 4 is 11.9 Å². The quantitative estimate of drug-likeness (QED) is 0.188. The molecule has 0 radical (unpaired) electrons.